The fraction of sp³-hybridized carbons (Fsp3) is 0.263. The summed E-state index contributed by atoms with van der Waals surface area (Å²) in [6, 6.07) is 9.88. The molecule has 3 aromatic rings. The van der Waals surface area contributed by atoms with Crippen LogP contribution in [0.3, 0.4) is 0 Å². The second-order valence-corrected chi connectivity index (χ2v) is 6.09. The maximum atomic E-state index is 12.3. The molecule has 0 fully saturated rings. The van der Waals surface area contributed by atoms with Crippen LogP contribution in [0.25, 0.3) is 17.2 Å². The molecule has 0 spiro atoms. The second-order valence-electron chi connectivity index (χ2n) is 6.09. The molecule has 0 bridgehead atoms. The third-order valence-electron chi connectivity index (χ3n) is 4.16. The average Bonchev–Trinajstić information content (AvgIpc) is 3.04. The minimum absolute atomic E-state index is 0.331. The standard InChI is InChI=1S/C19H22N6O2/c1-3-4-13-25-15-16(24(2)19(27)22-17(15)26)21-18(25)23-20-12-8-11-14-9-6-5-7-10-14/h5-12H,3-4,13H2,1-2H3,(H,21,23)(H,22,26,27)/b11-8+,20-12-. The van der Waals surface area contributed by atoms with Crippen LogP contribution in [0, 0.1) is 0 Å². The van der Waals surface area contributed by atoms with E-state index in [4.69, 9.17) is 0 Å². The Hall–Kier alpha value is -3.42. The van der Waals surface area contributed by atoms with E-state index in [1.54, 1.807) is 17.8 Å². The van der Waals surface area contributed by atoms with Gasteiger partial charge in [-0.2, -0.15) is 10.1 Å². The molecule has 0 saturated carbocycles. The summed E-state index contributed by atoms with van der Waals surface area (Å²) in [6.45, 7) is 2.67. The molecule has 2 heterocycles. The smallest absolute Gasteiger partial charge is 0.303 e. The average molecular weight is 366 g/mol. The Bertz CT molecular complexity index is 1090. The van der Waals surface area contributed by atoms with Crippen molar-refractivity contribution in [2.24, 2.45) is 12.1 Å². The van der Waals surface area contributed by atoms with E-state index >= 15 is 0 Å². The van der Waals surface area contributed by atoms with E-state index in [9.17, 15) is 9.59 Å². The molecule has 140 valence electrons. The quantitative estimate of drug-likeness (QED) is 0.495. The molecule has 2 N–H and O–H groups in total. The Morgan fingerprint density at radius 2 is 2.04 bits per heavy atom. The lowest BCUT2D eigenvalue weighted by Gasteiger charge is -2.06. The lowest BCUT2D eigenvalue weighted by molar-refractivity contribution is 0.647. The monoisotopic (exact) mass is 366 g/mol. The Kier molecular flexibility index (Phi) is 5.65. The number of fused-ring (bicyclic) bond motifs is 1. The van der Waals surface area contributed by atoms with Gasteiger partial charge in [-0.25, -0.2) is 10.2 Å². The molecule has 27 heavy (non-hydrogen) atoms. The van der Waals surface area contributed by atoms with Crippen molar-refractivity contribution in [3.05, 3.63) is 62.8 Å². The number of aromatic amines is 1. The third-order valence-corrected chi connectivity index (χ3v) is 4.16. The van der Waals surface area contributed by atoms with Crippen LogP contribution in [0.2, 0.25) is 0 Å². The van der Waals surface area contributed by atoms with Gasteiger partial charge in [-0.1, -0.05) is 49.8 Å². The first kappa shape index (κ1) is 18.4. The summed E-state index contributed by atoms with van der Waals surface area (Å²) < 4.78 is 3.08. The highest BCUT2D eigenvalue weighted by molar-refractivity contribution is 5.79. The van der Waals surface area contributed by atoms with Crippen molar-refractivity contribution in [3.8, 4) is 0 Å². The predicted molar refractivity (Wildman–Crippen MR) is 108 cm³/mol. The molecule has 0 saturated heterocycles. The molecule has 0 amide bonds. The number of benzene rings is 1. The number of aryl methyl sites for hydroxylation is 2. The van der Waals surface area contributed by atoms with Crippen molar-refractivity contribution in [1.82, 2.24) is 19.1 Å². The van der Waals surface area contributed by atoms with Gasteiger partial charge >= 0.3 is 5.69 Å². The van der Waals surface area contributed by atoms with Crippen molar-refractivity contribution in [1.29, 1.82) is 0 Å². The van der Waals surface area contributed by atoms with Crippen molar-refractivity contribution < 1.29 is 0 Å². The molecule has 0 aliphatic carbocycles. The van der Waals surface area contributed by atoms with Gasteiger partial charge in [0, 0.05) is 19.8 Å². The maximum absolute atomic E-state index is 12.3. The fourth-order valence-corrected chi connectivity index (χ4v) is 2.71. The zero-order valence-electron chi connectivity index (χ0n) is 15.3. The molecule has 8 nitrogen and oxygen atoms in total. The van der Waals surface area contributed by atoms with Crippen molar-refractivity contribution in [2.45, 2.75) is 26.3 Å². The molecule has 0 aliphatic heterocycles. The van der Waals surface area contributed by atoms with Crippen molar-refractivity contribution in [2.75, 3.05) is 5.43 Å². The summed E-state index contributed by atoms with van der Waals surface area (Å²) >= 11 is 0. The van der Waals surface area contributed by atoms with Gasteiger partial charge in [0.15, 0.2) is 11.2 Å². The first-order valence-corrected chi connectivity index (χ1v) is 8.82. The first-order valence-electron chi connectivity index (χ1n) is 8.82. The number of hydrogen-bond donors (Lipinski definition) is 2. The van der Waals surface area contributed by atoms with E-state index in [0.717, 1.165) is 18.4 Å². The maximum Gasteiger partial charge on any atom is 0.329 e. The van der Waals surface area contributed by atoms with E-state index in [2.05, 4.69) is 27.4 Å². The van der Waals surface area contributed by atoms with E-state index in [0.29, 0.717) is 23.7 Å². The second kappa shape index (κ2) is 8.31. The topological polar surface area (TPSA) is 97.1 Å². The Morgan fingerprint density at radius 3 is 2.78 bits per heavy atom. The molecule has 8 heteroatoms. The van der Waals surface area contributed by atoms with Gasteiger partial charge in [-0.15, -0.1) is 0 Å². The SMILES string of the molecule is CCCCn1c(N/N=C\C=C\c2ccccc2)nc2c1c(=O)[nH]c(=O)n2C. The Morgan fingerprint density at radius 1 is 1.26 bits per heavy atom. The highest BCUT2D eigenvalue weighted by Gasteiger charge is 2.16. The number of allylic oxidation sites excluding steroid dienone is 1. The molecule has 1 aromatic carbocycles. The highest BCUT2D eigenvalue weighted by atomic mass is 16.2. The van der Waals surface area contributed by atoms with Crippen molar-refractivity contribution >= 4 is 29.4 Å². The predicted octanol–water partition coefficient (Wildman–Crippen LogP) is 2.33. The van der Waals surface area contributed by atoms with Gasteiger partial charge < -0.3 is 4.57 Å². The van der Waals surface area contributed by atoms with Gasteiger partial charge in [0.25, 0.3) is 5.56 Å². The minimum Gasteiger partial charge on any atom is -0.303 e. The number of nitrogens with one attached hydrogen (secondary N) is 2. The lowest BCUT2D eigenvalue weighted by atomic mass is 10.2. The van der Waals surface area contributed by atoms with Crippen LogP contribution in [0.5, 0.6) is 0 Å². The first-order chi connectivity index (χ1) is 13.1. The summed E-state index contributed by atoms with van der Waals surface area (Å²) in [5, 5.41) is 4.16. The number of imidazole rings is 1. The Balaban J connectivity index is 1.89. The van der Waals surface area contributed by atoms with Gasteiger partial charge in [0.2, 0.25) is 5.95 Å². The zero-order chi connectivity index (χ0) is 19.2. The van der Waals surface area contributed by atoms with Gasteiger partial charge in [0.1, 0.15) is 0 Å². The molecular formula is C19H22N6O2. The number of unbranched alkanes of at least 4 members (excludes halogenated alkanes) is 1. The van der Waals surface area contributed by atoms with Crippen LogP contribution in [-0.2, 0) is 13.6 Å². The van der Waals surface area contributed by atoms with Crippen LogP contribution in [0.1, 0.15) is 25.3 Å². The summed E-state index contributed by atoms with van der Waals surface area (Å²) in [6.07, 6.45) is 7.19. The molecule has 0 radical (unpaired) electrons. The number of hydrazone groups is 1. The number of anilines is 1. The minimum atomic E-state index is -0.492. The summed E-state index contributed by atoms with van der Waals surface area (Å²) in [7, 11) is 1.58. The highest BCUT2D eigenvalue weighted by Crippen LogP contribution is 2.16. The normalized spacial score (nSPS) is 11.8. The largest absolute Gasteiger partial charge is 0.329 e. The number of rotatable bonds is 7. The number of hydrogen-bond acceptors (Lipinski definition) is 5. The van der Waals surface area contributed by atoms with E-state index in [1.807, 2.05) is 42.5 Å². The number of H-pyrrole nitrogens is 1. The lowest BCUT2D eigenvalue weighted by Crippen LogP contribution is -2.29. The fourth-order valence-electron chi connectivity index (χ4n) is 2.71. The molecule has 0 atom stereocenters. The van der Waals surface area contributed by atoms with Crippen LogP contribution < -0.4 is 16.7 Å². The van der Waals surface area contributed by atoms with Gasteiger partial charge in [-0.3, -0.25) is 14.3 Å². The van der Waals surface area contributed by atoms with Gasteiger partial charge in [0.05, 0.1) is 0 Å². The van der Waals surface area contributed by atoms with Crippen LogP contribution >= 0.6 is 0 Å². The molecule has 0 aliphatic rings. The van der Waals surface area contributed by atoms with Gasteiger partial charge in [-0.05, 0) is 18.1 Å². The van der Waals surface area contributed by atoms with Crippen LogP contribution in [0.4, 0.5) is 5.95 Å². The Labute approximate surface area is 155 Å². The summed E-state index contributed by atoms with van der Waals surface area (Å²) in [5.41, 5.74) is 3.70. The zero-order valence-corrected chi connectivity index (χ0v) is 15.3. The van der Waals surface area contributed by atoms with Crippen LogP contribution in [0.15, 0.2) is 51.1 Å². The number of nitrogens with zero attached hydrogens (tertiary/aromatic N) is 4. The molecule has 2 aromatic heterocycles. The summed E-state index contributed by atoms with van der Waals surface area (Å²) in [4.78, 5) is 30.8. The van der Waals surface area contributed by atoms with Crippen LogP contribution in [-0.4, -0.2) is 25.3 Å². The van der Waals surface area contributed by atoms with E-state index < -0.39 is 11.2 Å². The van der Waals surface area contributed by atoms with Crippen molar-refractivity contribution in [3.63, 3.8) is 0 Å². The molecular weight excluding hydrogens is 344 g/mol. The molecule has 0 unspecified atom stereocenters. The molecule has 3 rings (SSSR count). The van der Waals surface area contributed by atoms with E-state index in [1.165, 1.54) is 4.57 Å². The third kappa shape index (κ3) is 4.05. The summed E-state index contributed by atoms with van der Waals surface area (Å²) in [5.74, 6) is 0.425. The number of aromatic nitrogens is 4. The van der Waals surface area contributed by atoms with E-state index in [-0.39, 0.29) is 0 Å².